The van der Waals surface area contributed by atoms with Gasteiger partial charge in [-0.1, -0.05) is 64.6 Å². The Morgan fingerprint density at radius 3 is 1.75 bits per heavy atom. The quantitative estimate of drug-likeness (QED) is 0.111. The highest BCUT2D eigenvalue weighted by Crippen LogP contribution is 2.29. The lowest BCUT2D eigenvalue weighted by Gasteiger charge is -2.35. The molecular weight excluding hydrogens is 618 g/mol. The lowest BCUT2D eigenvalue weighted by Crippen LogP contribution is -2.59. The maximum atomic E-state index is 13.6. The SMILES string of the molecule is C=C(c1ccc(O)c(O)c1)N(C[C@H](O)[C@H](Cc1ccccc1)NC(=O)[C@@H](NC(=O)N(C)C)C(C)C)NC(=O)[C@@H](NC(=O)N(C)C)C(C)C. The molecule has 0 unspecified atom stereocenters. The van der Waals surface area contributed by atoms with E-state index in [1.807, 2.05) is 30.3 Å². The van der Waals surface area contributed by atoms with Gasteiger partial charge in [-0.3, -0.25) is 20.0 Å². The second-order valence-corrected chi connectivity index (χ2v) is 12.7. The highest BCUT2D eigenvalue weighted by Gasteiger charge is 2.32. The summed E-state index contributed by atoms with van der Waals surface area (Å²) >= 11 is 0. The van der Waals surface area contributed by atoms with Gasteiger partial charge in [0.2, 0.25) is 5.91 Å². The van der Waals surface area contributed by atoms with E-state index in [4.69, 9.17) is 0 Å². The molecule has 2 aromatic carbocycles. The second-order valence-electron chi connectivity index (χ2n) is 12.7. The summed E-state index contributed by atoms with van der Waals surface area (Å²) in [4.78, 5) is 54.8. The Bertz CT molecular complexity index is 1420. The average Bonchev–Trinajstić information content (AvgIpc) is 3.02. The Morgan fingerprint density at radius 2 is 1.27 bits per heavy atom. The summed E-state index contributed by atoms with van der Waals surface area (Å²) in [5, 5.41) is 41.4. The van der Waals surface area contributed by atoms with Crippen LogP contribution in [-0.4, -0.2) is 113 Å². The number of carbonyl (C=O) groups excluding carboxylic acids is 4. The summed E-state index contributed by atoms with van der Waals surface area (Å²) in [5.74, 6) is -2.52. The number of hydrogen-bond acceptors (Lipinski definition) is 8. The summed E-state index contributed by atoms with van der Waals surface area (Å²) in [7, 11) is 6.21. The van der Waals surface area contributed by atoms with E-state index in [0.717, 1.165) is 5.56 Å². The van der Waals surface area contributed by atoms with Crippen LogP contribution in [0.15, 0.2) is 55.1 Å². The maximum Gasteiger partial charge on any atom is 0.317 e. The standard InChI is InChI=1S/C34H51N7O7/c1-20(2)29(36-33(47)39(6)7)31(45)35-25(17-23-13-11-10-12-14-23)28(44)19-41(22(5)24-15-16-26(42)27(43)18-24)38-32(46)30(21(3)4)37-34(48)40(8)9/h10-16,18,20-21,25,28-30,42-44H,5,17,19H2,1-4,6-9H3,(H,35,45)(H,36,47)(H,37,48)(H,38,46)/t25-,28-,29-,30-/m0/s1. The van der Waals surface area contributed by atoms with Crippen molar-refractivity contribution in [1.29, 1.82) is 0 Å². The van der Waals surface area contributed by atoms with Crippen LogP contribution in [0.25, 0.3) is 5.70 Å². The summed E-state index contributed by atoms with van der Waals surface area (Å²) in [5.41, 5.74) is 4.00. The largest absolute Gasteiger partial charge is 0.504 e. The zero-order valence-electron chi connectivity index (χ0n) is 29.0. The van der Waals surface area contributed by atoms with E-state index in [2.05, 4.69) is 28.0 Å². The van der Waals surface area contributed by atoms with Gasteiger partial charge in [0.05, 0.1) is 24.4 Å². The van der Waals surface area contributed by atoms with E-state index in [0.29, 0.717) is 5.56 Å². The van der Waals surface area contributed by atoms with Gasteiger partial charge >= 0.3 is 12.1 Å². The number of aliphatic hydroxyl groups is 1. The number of rotatable bonds is 15. The zero-order chi connectivity index (χ0) is 36.3. The van der Waals surface area contributed by atoms with E-state index in [9.17, 15) is 34.5 Å². The number of phenolic OH excluding ortho intramolecular Hbond substituents is 2. The number of benzene rings is 2. The number of nitrogens with zero attached hydrogens (tertiary/aromatic N) is 3. The van der Waals surface area contributed by atoms with Gasteiger partial charge in [-0.15, -0.1) is 0 Å². The van der Waals surface area contributed by atoms with Gasteiger partial charge in [-0.2, -0.15) is 0 Å². The van der Waals surface area contributed by atoms with Crippen molar-refractivity contribution in [3.63, 3.8) is 0 Å². The Hall–Kier alpha value is -4.98. The van der Waals surface area contributed by atoms with E-state index in [1.54, 1.807) is 55.9 Å². The van der Waals surface area contributed by atoms with Crippen molar-refractivity contribution in [3.8, 4) is 11.5 Å². The fourth-order valence-electron chi connectivity index (χ4n) is 4.62. The number of amides is 6. The molecule has 0 spiro atoms. The Kier molecular flexibility index (Phi) is 14.5. The van der Waals surface area contributed by atoms with Gasteiger partial charge in [-0.05, 0) is 42.0 Å². The van der Waals surface area contributed by atoms with Crippen LogP contribution in [0.2, 0.25) is 0 Å². The summed E-state index contributed by atoms with van der Waals surface area (Å²) in [6.07, 6.45) is -1.13. The predicted molar refractivity (Wildman–Crippen MR) is 183 cm³/mol. The van der Waals surface area contributed by atoms with Crippen LogP contribution < -0.4 is 21.4 Å². The van der Waals surface area contributed by atoms with Gasteiger partial charge in [-0.25, -0.2) is 9.59 Å². The zero-order valence-corrected chi connectivity index (χ0v) is 29.0. The first-order chi connectivity index (χ1) is 22.4. The van der Waals surface area contributed by atoms with Crippen LogP contribution in [0.4, 0.5) is 9.59 Å². The van der Waals surface area contributed by atoms with Gasteiger partial charge in [0, 0.05) is 33.8 Å². The number of carbonyl (C=O) groups is 4. The third-order valence-corrected chi connectivity index (χ3v) is 7.61. The Balaban J connectivity index is 2.49. The molecule has 0 aliphatic rings. The van der Waals surface area contributed by atoms with Crippen LogP contribution in [0.1, 0.15) is 38.8 Å². The Morgan fingerprint density at radius 1 is 0.750 bits per heavy atom. The summed E-state index contributed by atoms with van der Waals surface area (Å²) in [6, 6.07) is 9.43. The molecule has 6 amide bonds. The van der Waals surface area contributed by atoms with Crippen LogP contribution >= 0.6 is 0 Å². The number of aromatic hydroxyl groups is 2. The number of nitrogens with one attached hydrogen (secondary N) is 4. The predicted octanol–water partition coefficient (Wildman–Crippen LogP) is 2.08. The average molecular weight is 670 g/mol. The molecule has 0 aromatic heterocycles. The van der Waals surface area contributed by atoms with Crippen molar-refractivity contribution < 1.29 is 34.5 Å². The monoisotopic (exact) mass is 669 g/mol. The molecule has 0 heterocycles. The number of urea groups is 2. The van der Waals surface area contributed by atoms with Crippen molar-refractivity contribution in [2.75, 3.05) is 34.7 Å². The van der Waals surface area contributed by atoms with Crippen LogP contribution in [0, 0.1) is 11.8 Å². The number of phenols is 2. The highest BCUT2D eigenvalue weighted by molar-refractivity contribution is 5.88. The highest BCUT2D eigenvalue weighted by atomic mass is 16.3. The lowest BCUT2D eigenvalue weighted by molar-refractivity contribution is -0.129. The first-order valence-corrected chi connectivity index (χ1v) is 15.7. The van der Waals surface area contributed by atoms with Crippen molar-refractivity contribution in [3.05, 3.63) is 66.2 Å². The van der Waals surface area contributed by atoms with Gasteiger partial charge in [0.15, 0.2) is 11.5 Å². The molecule has 14 heteroatoms. The van der Waals surface area contributed by atoms with Crippen LogP contribution in [0.5, 0.6) is 11.5 Å². The number of aliphatic hydroxyl groups excluding tert-OH is 1. The molecule has 2 aromatic rings. The van der Waals surface area contributed by atoms with Gasteiger partial charge in [0.25, 0.3) is 5.91 Å². The summed E-state index contributed by atoms with van der Waals surface area (Å²) < 4.78 is 0. The first-order valence-electron chi connectivity index (χ1n) is 15.7. The van der Waals surface area contributed by atoms with E-state index in [-0.39, 0.29) is 36.2 Å². The van der Waals surface area contributed by atoms with Crippen molar-refractivity contribution in [1.82, 2.24) is 36.2 Å². The molecule has 264 valence electrons. The van der Waals surface area contributed by atoms with E-state index >= 15 is 0 Å². The number of hydrogen-bond donors (Lipinski definition) is 7. The molecular formula is C34H51N7O7. The van der Waals surface area contributed by atoms with Crippen molar-refractivity contribution in [2.24, 2.45) is 11.8 Å². The molecule has 48 heavy (non-hydrogen) atoms. The molecule has 7 N–H and O–H groups in total. The second kappa shape index (κ2) is 17.8. The Labute approximate surface area is 282 Å². The van der Waals surface area contributed by atoms with E-state index < -0.39 is 53.9 Å². The molecule has 0 saturated heterocycles. The van der Waals surface area contributed by atoms with Gasteiger partial charge < -0.3 is 41.1 Å². The van der Waals surface area contributed by atoms with Crippen molar-refractivity contribution in [2.45, 2.75) is 58.3 Å². The minimum absolute atomic E-state index is 0.141. The van der Waals surface area contributed by atoms with Gasteiger partial charge in [0.1, 0.15) is 12.1 Å². The molecule has 0 bridgehead atoms. The van der Waals surface area contributed by atoms with E-state index in [1.165, 1.54) is 33.0 Å². The minimum atomic E-state index is -1.33. The smallest absolute Gasteiger partial charge is 0.317 e. The third-order valence-electron chi connectivity index (χ3n) is 7.61. The summed E-state index contributed by atoms with van der Waals surface area (Å²) in [6.45, 7) is 10.9. The lowest BCUT2D eigenvalue weighted by atomic mass is 9.98. The topological polar surface area (TPSA) is 187 Å². The molecule has 0 fully saturated rings. The third kappa shape index (κ3) is 11.4. The van der Waals surface area contributed by atoms with Crippen LogP contribution in [-0.2, 0) is 16.0 Å². The molecule has 0 aliphatic carbocycles. The molecule has 4 atom stereocenters. The fraction of sp³-hybridized carbons (Fsp3) is 0.471. The molecule has 0 saturated carbocycles. The van der Waals surface area contributed by atoms with Crippen LogP contribution in [0.3, 0.4) is 0 Å². The number of hydrazine groups is 1. The normalized spacial score (nSPS) is 13.5. The minimum Gasteiger partial charge on any atom is -0.504 e. The molecule has 0 radical (unpaired) electrons. The fourth-order valence-corrected chi connectivity index (χ4v) is 4.62. The molecule has 14 nitrogen and oxygen atoms in total. The molecule has 2 rings (SSSR count). The van der Waals surface area contributed by atoms with Crippen molar-refractivity contribution >= 4 is 29.6 Å². The first kappa shape index (κ1) is 39.2. The molecule has 0 aliphatic heterocycles. The maximum absolute atomic E-state index is 13.6.